The number of rotatable bonds is 2. The predicted octanol–water partition coefficient (Wildman–Crippen LogP) is 1.81. The molecule has 3 rings (SSSR count). The summed E-state index contributed by atoms with van der Waals surface area (Å²) in [5, 5.41) is 12.5. The summed E-state index contributed by atoms with van der Waals surface area (Å²) < 4.78 is 15.8. The number of carboxylic acid groups (broad SMARTS) is 1. The van der Waals surface area contributed by atoms with Crippen LogP contribution < -0.4 is 9.47 Å². The van der Waals surface area contributed by atoms with Crippen molar-refractivity contribution in [2.75, 3.05) is 13.2 Å². The lowest BCUT2D eigenvalue weighted by atomic mass is 10.1. The number of aromatic carboxylic acids is 1. The summed E-state index contributed by atoms with van der Waals surface area (Å²) >= 11 is 0. The third-order valence-electron chi connectivity index (χ3n) is 2.61. The average molecular weight is 247 g/mol. The summed E-state index contributed by atoms with van der Waals surface area (Å²) in [6, 6.07) is 5.11. The molecular formula is C12H9NO5. The molecule has 6 nitrogen and oxygen atoms in total. The molecule has 0 saturated heterocycles. The van der Waals surface area contributed by atoms with E-state index >= 15 is 0 Å². The number of carbonyl (C=O) groups is 1. The van der Waals surface area contributed by atoms with Gasteiger partial charge in [-0.25, -0.2) is 4.79 Å². The van der Waals surface area contributed by atoms with E-state index in [0.29, 0.717) is 30.3 Å². The molecule has 0 bridgehead atoms. The molecule has 0 unspecified atom stereocenters. The molecule has 18 heavy (non-hydrogen) atoms. The lowest BCUT2D eigenvalue weighted by Gasteiger charge is -2.18. The van der Waals surface area contributed by atoms with Gasteiger partial charge in [-0.1, -0.05) is 5.16 Å². The van der Waals surface area contributed by atoms with Gasteiger partial charge in [0.1, 0.15) is 18.8 Å². The van der Waals surface area contributed by atoms with E-state index in [-0.39, 0.29) is 11.3 Å². The molecule has 0 radical (unpaired) electrons. The summed E-state index contributed by atoms with van der Waals surface area (Å²) in [4.78, 5) is 11.0. The van der Waals surface area contributed by atoms with Crippen LogP contribution in [0.3, 0.4) is 0 Å². The van der Waals surface area contributed by atoms with Crippen LogP contribution in [0.15, 0.2) is 28.9 Å². The molecule has 0 aliphatic carbocycles. The van der Waals surface area contributed by atoms with Crippen LogP contribution in [0.1, 0.15) is 10.4 Å². The van der Waals surface area contributed by atoms with Gasteiger partial charge in [0.25, 0.3) is 0 Å². The normalized spacial score (nSPS) is 13.3. The fourth-order valence-electron chi connectivity index (χ4n) is 1.78. The number of fused-ring (bicyclic) bond motifs is 1. The van der Waals surface area contributed by atoms with Crippen molar-refractivity contribution in [1.82, 2.24) is 5.16 Å². The summed E-state index contributed by atoms with van der Waals surface area (Å²) in [6.07, 6.45) is 1.18. The Morgan fingerprint density at radius 2 is 2.00 bits per heavy atom. The molecule has 0 spiro atoms. The number of nitrogens with zero attached hydrogens (tertiary/aromatic N) is 1. The van der Waals surface area contributed by atoms with Gasteiger partial charge in [0, 0.05) is 5.56 Å². The first kappa shape index (κ1) is 10.6. The minimum absolute atomic E-state index is 0.0201. The molecule has 0 atom stereocenters. The monoisotopic (exact) mass is 247 g/mol. The predicted molar refractivity (Wildman–Crippen MR) is 59.9 cm³/mol. The van der Waals surface area contributed by atoms with Gasteiger partial charge in [0.05, 0.1) is 6.20 Å². The second-order valence-electron chi connectivity index (χ2n) is 3.73. The quantitative estimate of drug-likeness (QED) is 0.871. The number of ether oxygens (including phenoxy) is 2. The first-order valence-corrected chi connectivity index (χ1v) is 5.33. The Morgan fingerprint density at radius 1 is 1.22 bits per heavy atom. The van der Waals surface area contributed by atoms with Gasteiger partial charge in [-0.15, -0.1) is 0 Å². The number of aromatic nitrogens is 1. The van der Waals surface area contributed by atoms with Crippen LogP contribution in [0.4, 0.5) is 0 Å². The second kappa shape index (κ2) is 4.06. The summed E-state index contributed by atoms with van der Waals surface area (Å²) in [7, 11) is 0. The second-order valence-corrected chi connectivity index (χ2v) is 3.73. The maximum absolute atomic E-state index is 11.0. The SMILES string of the molecule is O=C(O)c1cnoc1-c1ccc2c(c1)OCCO2. The molecule has 2 aromatic rings. The van der Waals surface area contributed by atoms with Crippen LogP contribution in [0.2, 0.25) is 0 Å². The van der Waals surface area contributed by atoms with Gasteiger partial charge in [0.2, 0.25) is 0 Å². The Bertz CT molecular complexity index is 604. The lowest BCUT2D eigenvalue weighted by Crippen LogP contribution is -2.15. The van der Waals surface area contributed by atoms with Crippen molar-refractivity contribution >= 4 is 5.97 Å². The van der Waals surface area contributed by atoms with Crippen molar-refractivity contribution < 1.29 is 23.9 Å². The van der Waals surface area contributed by atoms with Gasteiger partial charge in [-0.05, 0) is 18.2 Å². The molecule has 1 aromatic carbocycles. The van der Waals surface area contributed by atoms with Gasteiger partial charge in [-0.2, -0.15) is 0 Å². The maximum atomic E-state index is 11.0. The van der Waals surface area contributed by atoms with E-state index < -0.39 is 5.97 Å². The standard InChI is InChI=1S/C12H9NO5/c14-12(15)8-6-13-18-11(8)7-1-2-9-10(5-7)17-4-3-16-9/h1-2,5-6H,3-4H2,(H,14,15). The van der Waals surface area contributed by atoms with Crippen LogP contribution in [-0.4, -0.2) is 29.4 Å². The van der Waals surface area contributed by atoms with Gasteiger partial charge < -0.3 is 19.1 Å². The number of hydrogen-bond donors (Lipinski definition) is 1. The van der Waals surface area contributed by atoms with Crippen molar-refractivity contribution in [3.8, 4) is 22.8 Å². The Labute approximate surface area is 102 Å². The van der Waals surface area contributed by atoms with E-state index in [9.17, 15) is 4.79 Å². The van der Waals surface area contributed by atoms with Gasteiger partial charge in [-0.3, -0.25) is 0 Å². The van der Waals surface area contributed by atoms with Crippen LogP contribution >= 0.6 is 0 Å². The van der Waals surface area contributed by atoms with Crippen molar-refractivity contribution in [3.63, 3.8) is 0 Å². The highest BCUT2D eigenvalue weighted by atomic mass is 16.6. The van der Waals surface area contributed by atoms with Crippen molar-refractivity contribution in [2.24, 2.45) is 0 Å². The first-order valence-electron chi connectivity index (χ1n) is 5.33. The van der Waals surface area contributed by atoms with E-state index in [4.69, 9.17) is 19.1 Å². The Hall–Kier alpha value is -2.50. The van der Waals surface area contributed by atoms with Crippen LogP contribution in [-0.2, 0) is 0 Å². The minimum Gasteiger partial charge on any atom is -0.486 e. The highest BCUT2D eigenvalue weighted by molar-refractivity contribution is 5.94. The van der Waals surface area contributed by atoms with E-state index in [0.717, 1.165) is 0 Å². The Balaban J connectivity index is 2.06. The zero-order valence-corrected chi connectivity index (χ0v) is 9.25. The molecule has 0 amide bonds. The summed E-state index contributed by atoms with van der Waals surface area (Å²) in [5.41, 5.74) is 0.612. The van der Waals surface area contributed by atoms with Gasteiger partial charge >= 0.3 is 5.97 Å². The largest absolute Gasteiger partial charge is 0.486 e. The average Bonchev–Trinajstić information content (AvgIpc) is 2.87. The summed E-state index contributed by atoms with van der Waals surface area (Å²) in [5.74, 6) is 0.341. The fourth-order valence-corrected chi connectivity index (χ4v) is 1.78. The van der Waals surface area contributed by atoms with Gasteiger partial charge in [0.15, 0.2) is 17.3 Å². The molecule has 0 fully saturated rings. The van der Waals surface area contributed by atoms with E-state index in [1.807, 2.05) is 0 Å². The molecule has 1 aromatic heterocycles. The number of benzene rings is 1. The topological polar surface area (TPSA) is 81.8 Å². The highest BCUT2D eigenvalue weighted by Crippen LogP contribution is 2.35. The van der Waals surface area contributed by atoms with Crippen molar-refractivity contribution in [2.45, 2.75) is 0 Å². The Kier molecular flexibility index (Phi) is 2.40. The summed E-state index contributed by atoms with van der Waals surface area (Å²) in [6.45, 7) is 0.980. The highest BCUT2D eigenvalue weighted by Gasteiger charge is 2.19. The lowest BCUT2D eigenvalue weighted by molar-refractivity contribution is 0.0697. The molecule has 0 saturated carbocycles. The smallest absolute Gasteiger partial charge is 0.341 e. The maximum Gasteiger partial charge on any atom is 0.341 e. The zero-order chi connectivity index (χ0) is 12.5. The van der Waals surface area contributed by atoms with E-state index in [1.54, 1.807) is 18.2 Å². The first-order chi connectivity index (χ1) is 8.75. The third kappa shape index (κ3) is 1.67. The van der Waals surface area contributed by atoms with Crippen molar-refractivity contribution in [3.05, 3.63) is 30.0 Å². The van der Waals surface area contributed by atoms with E-state index in [1.165, 1.54) is 6.20 Å². The molecule has 6 heteroatoms. The third-order valence-corrected chi connectivity index (χ3v) is 2.61. The van der Waals surface area contributed by atoms with E-state index in [2.05, 4.69) is 5.16 Å². The molecular weight excluding hydrogens is 238 g/mol. The molecule has 92 valence electrons. The minimum atomic E-state index is -1.08. The number of carboxylic acids is 1. The van der Waals surface area contributed by atoms with Crippen LogP contribution in [0, 0.1) is 0 Å². The fraction of sp³-hybridized carbons (Fsp3) is 0.167. The molecule has 2 heterocycles. The van der Waals surface area contributed by atoms with Crippen molar-refractivity contribution in [1.29, 1.82) is 0 Å². The van der Waals surface area contributed by atoms with Crippen LogP contribution in [0.25, 0.3) is 11.3 Å². The zero-order valence-electron chi connectivity index (χ0n) is 9.25. The molecule has 1 aliphatic rings. The molecule has 1 N–H and O–H groups in total. The number of hydrogen-bond acceptors (Lipinski definition) is 5. The Morgan fingerprint density at radius 3 is 2.78 bits per heavy atom. The van der Waals surface area contributed by atoms with Crippen LogP contribution in [0.5, 0.6) is 11.5 Å². The molecule has 1 aliphatic heterocycles.